The highest BCUT2D eigenvalue weighted by molar-refractivity contribution is 5.34. The Morgan fingerprint density at radius 2 is 2.39 bits per heavy atom. The van der Waals surface area contributed by atoms with Crippen LogP contribution in [0.4, 0.5) is 4.39 Å². The number of likely N-dealkylation sites (N-methyl/N-ethyl adjacent to an activating group) is 1. The van der Waals surface area contributed by atoms with E-state index in [2.05, 4.69) is 17.1 Å². The van der Waals surface area contributed by atoms with Crippen molar-refractivity contribution in [2.45, 2.75) is 25.9 Å². The second kappa shape index (κ2) is 5.94. The van der Waals surface area contributed by atoms with E-state index in [0.717, 1.165) is 26.1 Å². The lowest BCUT2D eigenvalue weighted by molar-refractivity contribution is 0.207. The van der Waals surface area contributed by atoms with Gasteiger partial charge in [-0.15, -0.1) is 0 Å². The topological polar surface area (TPSA) is 39.1 Å². The van der Waals surface area contributed by atoms with Crippen molar-refractivity contribution in [2.75, 3.05) is 19.6 Å². The standard InChI is InChI=1S/C14H18FN3/c1-2-18(13-6-7-17-9-13)10-12-5-3-4-11(8-16)14(12)15/h3-5,13,17H,2,6-7,9-10H2,1H3. The minimum absolute atomic E-state index is 0.133. The maximum absolute atomic E-state index is 14.0. The monoisotopic (exact) mass is 247 g/mol. The van der Waals surface area contributed by atoms with Gasteiger partial charge in [0.25, 0.3) is 0 Å². The maximum atomic E-state index is 14.0. The molecule has 1 fully saturated rings. The van der Waals surface area contributed by atoms with Gasteiger partial charge in [0.1, 0.15) is 11.9 Å². The van der Waals surface area contributed by atoms with Gasteiger partial charge in [-0.3, -0.25) is 4.90 Å². The molecule has 1 saturated heterocycles. The van der Waals surface area contributed by atoms with Crippen LogP contribution in [0.15, 0.2) is 18.2 Å². The van der Waals surface area contributed by atoms with E-state index in [4.69, 9.17) is 5.26 Å². The summed E-state index contributed by atoms with van der Waals surface area (Å²) in [5.41, 5.74) is 0.746. The summed E-state index contributed by atoms with van der Waals surface area (Å²) in [4.78, 5) is 2.26. The maximum Gasteiger partial charge on any atom is 0.145 e. The minimum atomic E-state index is -0.371. The van der Waals surface area contributed by atoms with Crippen molar-refractivity contribution >= 4 is 0 Å². The van der Waals surface area contributed by atoms with Gasteiger partial charge < -0.3 is 5.32 Å². The van der Waals surface area contributed by atoms with E-state index in [1.807, 2.05) is 6.07 Å². The fourth-order valence-electron chi connectivity index (χ4n) is 2.46. The Morgan fingerprint density at radius 3 is 3.00 bits per heavy atom. The number of hydrogen-bond donors (Lipinski definition) is 1. The lowest BCUT2D eigenvalue weighted by atomic mass is 10.1. The van der Waals surface area contributed by atoms with E-state index < -0.39 is 0 Å². The van der Waals surface area contributed by atoms with Crippen molar-refractivity contribution in [1.82, 2.24) is 10.2 Å². The van der Waals surface area contributed by atoms with Crippen LogP contribution < -0.4 is 5.32 Å². The molecule has 96 valence electrons. The molecule has 1 unspecified atom stereocenters. The van der Waals surface area contributed by atoms with Crippen LogP contribution in [0.3, 0.4) is 0 Å². The zero-order valence-electron chi connectivity index (χ0n) is 10.6. The van der Waals surface area contributed by atoms with Gasteiger partial charge in [0.15, 0.2) is 0 Å². The predicted octanol–water partition coefficient (Wildman–Crippen LogP) is 1.88. The second-order valence-corrected chi connectivity index (χ2v) is 4.60. The van der Waals surface area contributed by atoms with Crippen LogP contribution in [0.25, 0.3) is 0 Å². The highest BCUT2D eigenvalue weighted by Crippen LogP contribution is 2.17. The van der Waals surface area contributed by atoms with Gasteiger partial charge in [-0.1, -0.05) is 19.1 Å². The van der Waals surface area contributed by atoms with Crippen molar-refractivity contribution in [2.24, 2.45) is 0 Å². The molecule has 0 spiro atoms. The summed E-state index contributed by atoms with van der Waals surface area (Å²) in [6.07, 6.45) is 1.10. The van der Waals surface area contributed by atoms with Crippen LogP contribution in [-0.4, -0.2) is 30.6 Å². The van der Waals surface area contributed by atoms with E-state index in [1.54, 1.807) is 12.1 Å². The number of hydrogen-bond acceptors (Lipinski definition) is 3. The molecule has 0 radical (unpaired) electrons. The Kier molecular flexibility index (Phi) is 4.29. The zero-order valence-corrected chi connectivity index (χ0v) is 10.6. The van der Waals surface area contributed by atoms with E-state index in [1.165, 1.54) is 6.07 Å². The molecule has 1 atom stereocenters. The number of benzene rings is 1. The third-order valence-electron chi connectivity index (χ3n) is 3.53. The molecule has 18 heavy (non-hydrogen) atoms. The van der Waals surface area contributed by atoms with E-state index >= 15 is 0 Å². The molecule has 0 aromatic heterocycles. The molecule has 0 saturated carbocycles. The summed E-state index contributed by atoms with van der Waals surface area (Å²) in [7, 11) is 0. The Labute approximate surface area is 107 Å². The molecular formula is C14H18FN3. The van der Waals surface area contributed by atoms with Gasteiger partial charge in [-0.05, 0) is 25.6 Å². The van der Waals surface area contributed by atoms with Crippen molar-refractivity contribution in [1.29, 1.82) is 5.26 Å². The van der Waals surface area contributed by atoms with Crippen molar-refractivity contribution in [3.8, 4) is 6.07 Å². The van der Waals surface area contributed by atoms with Crippen LogP contribution in [0.1, 0.15) is 24.5 Å². The summed E-state index contributed by atoms with van der Waals surface area (Å²) in [5, 5.41) is 12.2. The molecule has 1 aliphatic rings. The van der Waals surface area contributed by atoms with Crippen LogP contribution in [0.2, 0.25) is 0 Å². The van der Waals surface area contributed by atoms with Crippen molar-refractivity contribution in [3.05, 3.63) is 35.1 Å². The van der Waals surface area contributed by atoms with E-state index in [-0.39, 0.29) is 11.4 Å². The molecule has 0 aliphatic carbocycles. The Balaban J connectivity index is 2.14. The van der Waals surface area contributed by atoms with Gasteiger partial charge in [-0.2, -0.15) is 5.26 Å². The van der Waals surface area contributed by atoms with Gasteiger partial charge in [0.05, 0.1) is 5.56 Å². The molecule has 2 rings (SSSR count). The highest BCUT2D eigenvalue weighted by atomic mass is 19.1. The molecule has 4 heteroatoms. The van der Waals surface area contributed by atoms with E-state index in [9.17, 15) is 4.39 Å². The molecule has 3 nitrogen and oxygen atoms in total. The number of nitriles is 1. The molecule has 1 aromatic carbocycles. The molecular weight excluding hydrogens is 229 g/mol. The molecule has 1 heterocycles. The van der Waals surface area contributed by atoms with Gasteiger partial charge in [0, 0.05) is 24.7 Å². The predicted molar refractivity (Wildman–Crippen MR) is 68.5 cm³/mol. The molecule has 0 amide bonds. The Morgan fingerprint density at radius 1 is 1.56 bits per heavy atom. The quantitative estimate of drug-likeness (QED) is 0.883. The third-order valence-corrected chi connectivity index (χ3v) is 3.53. The number of nitrogens with one attached hydrogen (secondary N) is 1. The van der Waals surface area contributed by atoms with Crippen LogP contribution in [0.5, 0.6) is 0 Å². The average Bonchev–Trinajstić information content (AvgIpc) is 2.91. The third kappa shape index (κ3) is 2.69. The average molecular weight is 247 g/mol. The lowest BCUT2D eigenvalue weighted by Gasteiger charge is -2.27. The zero-order chi connectivity index (χ0) is 13.0. The number of nitrogens with zero attached hydrogens (tertiary/aromatic N) is 2. The minimum Gasteiger partial charge on any atom is -0.315 e. The van der Waals surface area contributed by atoms with Crippen LogP contribution in [0, 0.1) is 17.1 Å². The first-order valence-electron chi connectivity index (χ1n) is 6.38. The molecule has 1 N–H and O–H groups in total. The fourth-order valence-corrected chi connectivity index (χ4v) is 2.46. The molecule has 1 aromatic rings. The van der Waals surface area contributed by atoms with E-state index in [0.29, 0.717) is 18.2 Å². The first kappa shape index (κ1) is 13.0. The SMILES string of the molecule is CCN(Cc1cccc(C#N)c1F)C1CCNC1. The summed E-state index contributed by atoms with van der Waals surface area (Å²) in [6, 6.07) is 7.40. The smallest absolute Gasteiger partial charge is 0.145 e. The molecule has 0 bridgehead atoms. The lowest BCUT2D eigenvalue weighted by Crippen LogP contribution is -2.36. The van der Waals surface area contributed by atoms with Crippen molar-refractivity contribution in [3.63, 3.8) is 0 Å². The summed E-state index contributed by atoms with van der Waals surface area (Å²) in [5.74, 6) is -0.371. The first-order chi connectivity index (χ1) is 8.76. The first-order valence-corrected chi connectivity index (χ1v) is 6.38. The summed E-state index contributed by atoms with van der Waals surface area (Å²) in [6.45, 7) is 5.55. The second-order valence-electron chi connectivity index (χ2n) is 4.60. The van der Waals surface area contributed by atoms with Gasteiger partial charge in [-0.25, -0.2) is 4.39 Å². The molecule has 1 aliphatic heterocycles. The number of rotatable bonds is 4. The fraction of sp³-hybridized carbons (Fsp3) is 0.500. The largest absolute Gasteiger partial charge is 0.315 e. The highest BCUT2D eigenvalue weighted by Gasteiger charge is 2.22. The Bertz CT molecular complexity index is 447. The van der Waals surface area contributed by atoms with Gasteiger partial charge >= 0.3 is 0 Å². The van der Waals surface area contributed by atoms with Crippen LogP contribution in [-0.2, 0) is 6.54 Å². The summed E-state index contributed by atoms with van der Waals surface area (Å²) < 4.78 is 14.0. The summed E-state index contributed by atoms with van der Waals surface area (Å²) >= 11 is 0. The normalized spacial score (nSPS) is 19.1. The van der Waals surface area contributed by atoms with Gasteiger partial charge in [0.2, 0.25) is 0 Å². The Hall–Kier alpha value is -1.44. The number of halogens is 1. The van der Waals surface area contributed by atoms with Crippen LogP contribution >= 0.6 is 0 Å². The van der Waals surface area contributed by atoms with Crippen molar-refractivity contribution < 1.29 is 4.39 Å².